The summed E-state index contributed by atoms with van der Waals surface area (Å²) in [6, 6.07) is 1.88. The maximum absolute atomic E-state index is 12.2. The van der Waals surface area contributed by atoms with Gasteiger partial charge in [0, 0.05) is 30.5 Å². The molecule has 1 heterocycles. The number of rotatable bonds is 6. The fraction of sp³-hybridized carbons (Fsp3) is 0.706. The van der Waals surface area contributed by atoms with Crippen LogP contribution in [0.4, 0.5) is 0 Å². The first kappa shape index (κ1) is 16.0. The molecule has 2 aliphatic carbocycles. The van der Waals surface area contributed by atoms with Gasteiger partial charge in [-0.05, 0) is 44.9 Å². The molecule has 1 aromatic heterocycles. The molecule has 0 atom stereocenters. The molecule has 2 aliphatic rings. The highest BCUT2D eigenvalue weighted by Gasteiger charge is 2.30. The van der Waals surface area contributed by atoms with Crippen LogP contribution in [0.15, 0.2) is 10.6 Å². The van der Waals surface area contributed by atoms with E-state index in [0.717, 1.165) is 57.3 Å². The van der Waals surface area contributed by atoms with Crippen LogP contribution in [-0.2, 0) is 4.79 Å². The zero-order valence-corrected chi connectivity index (χ0v) is 13.6. The molecule has 0 aliphatic heterocycles. The molecule has 23 heavy (non-hydrogen) atoms. The topological polar surface area (TPSA) is 84.2 Å². The minimum atomic E-state index is -0.167. The smallest absolute Gasteiger partial charge is 0.273 e. The third kappa shape index (κ3) is 4.12. The lowest BCUT2D eigenvalue weighted by molar-refractivity contribution is -0.126. The van der Waals surface area contributed by atoms with E-state index in [-0.39, 0.29) is 23.8 Å². The lowest BCUT2D eigenvalue weighted by Gasteiger charge is -2.28. The van der Waals surface area contributed by atoms with Crippen LogP contribution in [0.5, 0.6) is 0 Å². The lowest BCUT2D eigenvalue weighted by atomic mass is 9.85. The van der Waals surface area contributed by atoms with E-state index in [4.69, 9.17) is 4.52 Å². The van der Waals surface area contributed by atoms with Gasteiger partial charge in [0.1, 0.15) is 5.76 Å². The minimum absolute atomic E-state index is 0.0863. The van der Waals surface area contributed by atoms with Crippen molar-refractivity contribution in [2.24, 2.45) is 5.92 Å². The number of carbonyl (C=O) groups excluding carboxylic acids is 2. The predicted molar refractivity (Wildman–Crippen MR) is 85.0 cm³/mol. The number of aromatic nitrogens is 1. The van der Waals surface area contributed by atoms with Gasteiger partial charge in [0.25, 0.3) is 5.91 Å². The van der Waals surface area contributed by atoms with Crippen molar-refractivity contribution in [1.82, 2.24) is 15.8 Å². The van der Waals surface area contributed by atoms with Gasteiger partial charge < -0.3 is 15.2 Å². The molecular weight excluding hydrogens is 294 g/mol. The number of nitrogens with zero attached hydrogens (tertiary/aromatic N) is 1. The van der Waals surface area contributed by atoms with Gasteiger partial charge in [-0.25, -0.2) is 0 Å². The molecule has 3 rings (SSSR count). The fourth-order valence-corrected chi connectivity index (χ4v) is 3.11. The predicted octanol–water partition coefficient (Wildman–Crippen LogP) is 2.37. The monoisotopic (exact) mass is 319 g/mol. The van der Waals surface area contributed by atoms with Crippen molar-refractivity contribution >= 4 is 11.8 Å². The molecule has 2 amide bonds. The van der Waals surface area contributed by atoms with Crippen LogP contribution in [0.25, 0.3) is 0 Å². The molecule has 126 valence electrons. The molecule has 2 fully saturated rings. The third-order valence-corrected chi connectivity index (χ3v) is 4.72. The van der Waals surface area contributed by atoms with Gasteiger partial charge in [-0.15, -0.1) is 0 Å². The summed E-state index contributed by atoms with van der Waals surface area (Å²) in [5, 5.41) is 9.84. The summed E-state index contributed by atoms with van der Waals surface area (Å²) in [7, 11) is 0. The summed E-state index contributed by atoms with van der Waals surface area (Å²) in [5.74, 6) is 1.36. The van der Waals surface area contributed by atoms with Gasteiger partial charge in [0.05, 0.1) is 0 Å². The van der Waals surface area contributed by atoms with Crippen LogP contribution in [0, 0.1) is 5.92 Å². The molecule has 0 spiro atoms. The third-order valence-electron chi connectivity index (χ3n) is 4.72. The molecule has 0 bridgehead atoms. The first-order valence-corrected chi connectivity index (χ1v) is 8.72. The van der Waals surface area contributed by atoms with Gasteiger partial charge >= 0.3 is 0 Å². The highest BCUT2D eigenvalue weighted by Crippen LogP contribution is 2.40. The number of hydrogen-bond donors (Lipinski definition) is 2. The van der Waals surface area contributed by atoms with E-state index < -0.39 is 0 Å². The molecule has 2 N–H and O–H groups in total. The van der Waals surface area contributed by atoms with Gasteiger partial charge in [-0.2, -0.15) is 0 Å². The van der Waals surface area contributed by atoms with E-state index in [0.29, 0.717) is 11.6 Å². The Morgan fingerprint density at radius 2 is 1.96 bits per heavy atom. The normalized spacial score (nSPS) is 24.2. The van der Waals surface area contributed by atoms with Gasteiger partial charge in [-0.3, -0.25) is 9.59 Å². The van der Waals surface area contributed by atoms with E-state index in [1.54, 1.807) is 6.07 Å². The highest BCUT2D eigenvalue weighted by molar-refractivity contribution is 5.92. The Kier molecular flexibility index (Phi) is 4.98. The molecule has 0 radical (unpaired) electrons. The van der Waals surface area contributed by atoms with Crippen LogP contribution in [0.2, 0.25) is 0 Å². The van der Waals surface area contributed by atoms with Crippen LogP contribution in [0.1, 0.15) is 74.0 Å². The van der Waals surface area contributed by atoms with Crippen molar-refractivity contribution in [1.29, 1.82) is 0 Å². The molecular formula is C17H25N3O3. The Balaban J connectivity index is 1.44. The quantitative estimate of drug-likeness (QED) is 0.843. The average Bonchev–Trinajstić information content (AvgIpc) is 3.30. The summed E-state index contributed by atoms with van der Waals surface area (Å²) in [4.78, 5) is 24.2. The minimum Gasteiger partial charge on any atom is -0.360 e. The van der Waals surface area contributed by atoms with Gasteiger partial charge in [0.15, 0.2) is 5.69 Å². The SMILES string of the molecule is CCCNC(=O)C1CCC(NC(=O)c2cc(C3CC3)on2)CC1. The molecule has 6 nitrogen and oxygen atoms in total. The Labute approximate surface area is 136 Å². The molecule has 0 saturated heterocycles. The second-order valence-corrected chi connectivity index (χ2v) is 6.70. The molecule has 0 unspecified atom stereocenters. The van der Waals surface area contributed by atoms with Crippen molar-refractivity contribution < 1.29 is 14.1 Å². The van der Waals surface area contributed by atoms with Crippen LogP contribution in [0.3, 0.4) is 0 Å². The van der Waals surface area contributed by atoms with Crippen molar-refractivity contribution in [2.75, 3.05) is 6.54 Å². The number of hydrogen-bond acceptors (Lipinski definition) is 4. The van der Waals surface area contributed by atoms with Crippen LogP contribution in [-0.4, -0.2) is 29.6 Å². The first-order chi connectivity index (χ1) is 11.2. The molecule has 1 aromatic rings. The lowest BCUT2D eigenvalue weighted by Crippen LogP contribution is -2.41. The van der Waals surface area contributed by atoms with E-state index in [9.17, 15) is 9.59 Å². The summed E-state index contributed by atoms with van der Waals surface area (Å²) in [5.41, 5.74) is 0.370. The maximum atomic E-state index is 12.2. The zero-order chi connectivity index (χ0) is 16.2. The maximum Gasteiger partial charge on any atom is 0.273 e. The Morgan fingerprint density at radius 1 is 1.22 bits per heavy atom. The summed E-state index contributed by atoms with van der Waals surface area (Å²) in [6.07, 6.45) is 6.53. The summed E-state index contributed by atoms with van der Waals surface area (Å²) < 4.78 is 5.22. The van der Waals surface area contributed by atoms with Crippen molar-refractivity contribution in [3.05, 3.63) is 17.5 Å². The van der Waals surface area contributed by atoms with E-state index in [1.165, 1.54) is 0 Å². The van der Waals surface area contributed by atoms with Gasteiger partial charge in [0.2, 0.25) is 5.91 Å². The first-order valence-electron chi connectivity index (χ1n) is 8.72. The number of carbonyl (C=O) groups is 2. The van der Waals surface area contributed by atoms with Crippen molar-refractivity contribution in [3.8, 4) is 0 Å². The van der Waals surface area contributed by atoms with E-state index >= 15 is 0 Å². The molecule has 0 aromatic carbocycles. The average molecular weight is 319 g/mol. The highest BCUT2D eigenvalue weighted by atomic mass is 16.5. The fourth-order valence-electron chi connectivity index (χ4n) is 3.11. The second kappa shape index (κ2) is 7.15. The van der Waals surface area contributed by atoms with Crippen molar-refractivity contribution in [2.45, 2.75) is 63.8 Å². The number of amides is 2. The Bertz CT molecular complexity index is 557. The molecule has 2 saturated carbocycles. The number of nitrogens with one attached hydrogen (secondary N) is 2. The largest absolute Gasteiger partial charge is 0.360 e. The summed E-state index contributed by atoms with van der Waals surface area (Å²) >= 11 is 0. The van der Waals surface area contributed by atoms with E-state index in [2.05, 4.69) is 15.8 Å². The zero-order valence-electron chi connectivity index (χ0n) is 13.6. The van der Waals surface area contributed by atoms with Crippen LogP contribution < -0.4 is 10.6 Å². The second-order valence-electron chi connectivity index (χ2n) is 6.70. The summed E-state index contributed by atoms with van der Waals surface area (Å²) in [6.45, 7) is 2.79. The Morgan fingerprint density at radius 3 is 2.61 bits per heavy atom. The van der Waals surface area contributed by atoms with Gasteiger partial charge in [-0.1, -0.05) is 12.1 Å². The van der Waals surface area contributed by atoms with E-state index in [1.807, 2.05) is 6.92 Å². The van der Waals surface area contributed by atoms with Crippen LogP contribution >= 0.6 is 0 Å². The Hall–Kier alpha value is -1.85. The molecule has 6 heteroatoms. The van der Waals surface area contributed by atoms with Crippen molar-refractivity contribution in [3.63, 3.8) is 0 Å². The standard InChI is InChI=1S/C17H25N3O3/c1-2-9-18-16(21)12-5-7-13(8-6-12)19-17(22)14-10-15(23-20-14)11-3-4-11/h10-13H,2-9H2,1H3,(H,18,21)(H,19,22).